The molecule has 1 fully saturated rings. The molecule has 0 amide bonds. The first-order valence-corrected chi connectivity index (χ1v) is 8.53. The van der Waals surface area contributed by atoms with E-state index in [2.05, 4.69) is 9.97 Å². The van der Waals surface area contributed by atoms with E-state index in [1.165, 1.54) is 22.5 Å². The van der Waals surface area contributed by atoms with Crippen LogP contribution in [0.1, 0.15) is 24.5 Å². The van der Waals surface area contributed by atoms with Crippen molar-refractivity contribution in [3.8, 4) is 0 Å². The minimum Gasteiger partial charge on any atom is -0.261 e. The van der Waals surface area contributed by atoms with Crippen molar-refractivity contribution in [2.24, 2.45) is 0 Å². The lowest BCUT2D eigenvalue weighted by molar-refractivity contribution is 0.312. The normalized spacial score (nSPS) is 20.0. The first kappa shape index (κ1) is 15.1. The fraction of sp³-hybridized carbons (Fsp3) is 0.333. The molecular weight excluding hydrogens is 305 g/mol. The Morgan fingerprint density at radius 3 is 2.86 bits per heavy atom. The molecule has 2 aromatic rings. The van der Waals surface area contributed by atoms with Crippen molar-refractivity contribution in [1.29, 1.82) is 0 Å². The van der Waals surface area contributed by atoms with Gasteiger partial charge in [0.25, 0.3) is 0 Å². The molecule has 0 unspecified atom stereocenters. The first-order chi connectivity index (χ1) is 10.6. The third-order valence-electron chi connectivity index (χ3n) is 3.82. The molecule has 1 aromatic heterocycles. The molecule has 0 spiro atoms. The molecule has 1 aromatic carbocycles. The fourth-order valence-electron chi connectivity index (χ4n) is 2.70. The molecule has 116 valence electrons. The Balaban J connectivity index is 1.85. The van der Waals surface area contributed by atoms with Crippen LogP contribution >= 0.6 is 0 Å². The van der Waals surface area contributed by atoms with E-state index in [9.17, 15) is 12.8 Å². The van der Waals surface area contributed by atoms with Gasteiger partial charge in [-0.15, -0.1) is 0 Å². The van der Waals surface area contributed by atoms with E-state index < -0.39 is 15.8 Å². The summed E-state index contributed by atoms with van der Waals surface area (Å²) in [6.45, 7) is 0.785. The number of hydrogen-bond acceptors (Lipinski definition) is 4. The van der Waals surface area contributed by atoms with E-state index in [-0.39, 0.29) is 10.8 Å². The van der Waals surface area contributed by atoms with Gasteiger partial charge in [-0.1, -0.05) is 6.07 Å². The number of halogens is 1. The van der Waals surface area contributed by atoms with E-state index in [0.717, 1.165) is 24.6 Å². The van der Waals surface area contributed by atoms with Gasteiger partial charge in [0, 0.05) is 37.6 Å². The summed E-state index contributed by atoms with van der Waals surface area (Å²) in [6, 6.07) is 5.12. The third kappa shape index (κ3) is 3.00. The summed E-state index contributed by atoms with van der Waals surface area (Å²) in [6.07, 6.45) is 6.48. The van der Waals surface area contributed by atoms with E-state index in [4.69, 9.17) is 0 Å². The zero-order valence-electron chi connectivity index (χ0n) is 11.9. The van der Waals surface area contributed by atoms with Crippen molar-refractivity contribution >= 4 is 10.0 Å². The van der Waals surface area contributed by atoms with Crippen molar-refractivity contribution in [3.05, 3.63) is 54.4 Å². The molecule has 2 heterocycles. The molecule has 0 bridgehead atoms. The maximum absolute atomic E-state index is 13.3. The van der Waals surface area contributed by atoms with Gasteiger partial charge in [0.05, 0.1) is 10.6 Å². The molecule has 0 saturated carbocycles. The summed E-state index contributed by atoms with van der Waals surface area (Å²) in [5.74, 6) is -0.533. The second-order valence-electron chi connectivity index (χ2n) is 5.29. The van der Waals surface area contributed by atoms with Crippen LogP contribution in [-0.2, 0) is 10.0 Å². The van der Waals surface area contributed by atoms with Gasteiger partial charge in [-0.3, -0.25) is 9.97 Å². The molecule has 5 nitrogen and oxygen atoms in total. The molecule has 1 saturated heterocycles. The Hall–Kier alpha value is -1.86. The van der Waals surface area contributed by atoms with Gasteiger partial charge < -0.3 is 0 Å². The number of hydrogen-bond donors (Lipinski definition) is 0. The van der Waals surface area contributed by atoms with E-state index in [1.54, 1.807) is 18.6 Å². The largest absolute Gasteiger partial charge is 0.261 e. The number of piperidine rings is 1. The molecule has 1 aliphatic heterocycles. The van der Waals surface area contributed by atoms with Crippen molar-refractivity contribution < 1.29 is 12.8 Å². The van der Waals surface area contributed by atoms with Crippen LogP contribution in [0, 0.1) is 5.82 Å². The van der Waals surface area contributed by atoms with Crippen LogP contribution in [0.2, 0.25) is 0 Å². The van der Waals surface area contributed by atoms with Crippen molar-refractivity contribution in [1.82, 2.24) is 14.3 Å². The predicted molar refractivity (Wildman–Crippen MR) is 79.2 cm³/mol. The third-order valence-corrected chi connectivity index (χ3v) is 5.68. The van der Waals surface area contributed by atoms with Crippen LogP contribution in [0.15, 0.2) is 47.8 Å². The highest BCUT2D eigenvalue weighted by molar-refractivity contribution is 7.89. The minimum atomic E-state index is -3.68. The lowest BCUT2D eigenvalue weighted by Gasteiger charge is -2.31. The van der Waals surface area contributed by atoms with Crippen molar-refractivity contribution in [3.63, 3.8) is 0 Å². The molecule has 22 heavy (non-hydrogen) atoms. The maximum atomic E-state index is 13.3. The van der Waals surface area contributed by atoms with Crippen LogP contribution in [0.5, 0.6) is 0 Å². The minimum absolute atomic E-state index is 0.00713. The van der Waals surface area contributed by atoms with Crippen LogP contribution in [0.25, 0.3) is 0 Å². The van der Waals surface area contributed by atoms with Gasteiger partial charge in [-0.05, 0) is 31.0 Å². The molecule has 0 N–H and O–H groups in total. The summed E-state index contributed by atoms with van der Waals surface area (Å²) in [5, 5.41) is 0. The standard InChI is InChI=1S/C15H16FN3O2S/c16-13-4-1-5-14(9-13)22(20,21)19-8-2-3-12(11-19)15-10-17-6-7-18-15/h1,4-7,9-10,12H,2-3,8,11H2/t12-/m0/s1. The lowest BCUT2D eigenvalue weighted by atomic mass is 9.96. The average Bonchev–Trinajstić information content (AvgIpc) is 2.56. The average molecular weight is 321 g/mol. The van der Waals surface area contributed by atoms with Crippen LogP contribution in [-0.4, -0.2) is 35.8 Å². The lowest BCUT2D eigenvalue weighted by Crippen LogP contribution is -2.39. The van der Waals surface area contributed by atoms with Crippen molar-refractivity contribution in [2.45, 2.75) is 23.7 Å². The monoisotopic (exact) mass is 321 g/mol. The molecule has 0 radical (unpaired) electrons. The van der Waals surface area contributed by atoms with Crippen LogP contribution in [0.4, 0.5) is 4.39 Å². The predicted octanol–water partition coefficient (Wildman–Crippen LogP) is 2.18. The number of sulfonamides is 1. The molecule has 7 heteroatoms. The Kier molecular flexibility index (Phi) is 4.17. The van der Waals surface area contributed by atoms with Gasteiger partial charge in [0.1, 0.15) is 5.82 Å². The summed E-state index contributed by atoms with van der Waals surface area (Å²) in [4.78, 5) is 8.29. The molecule has 3 rings (SSSR count). The van der Waals surface area contributed by atoms with Gasteiger partial charge >= 0.3 is 0 Å². The number of nitrogens with zero attached hydrogens (tertiary/aromatic N) is 3. The van der Waals surface area contributed by atoms with Gasteiger partial charge in [0.2, 0.25) is 10.0 Å². The first-order valence-electron chi connectivity index (χ1n) is 7.09. The molecule has 1 atom stereocenters. The summed E-state index contributed by atoms with van der Waals surface area (Å²) in [7, 11) is -3.68. The summed E-state index contributed by atoms with van der Waals surface area (Å²) in [5.41, 5.74) is 0.793. The maximum Gasteiger partial charge on any atom is 0.243 e. The SMILES string of the molecule is O=S(=O)(c1cccc(F)c1)N1CCC[C@H](c2cnccn2)C1. The Bertz CT molecular complexity index is 752. The van der Waals surface area contributed by atoms with Gasteiger partial charge in [-0.2, -0.15) is 4.31 Å². The highest BCUT2D eigenvalue weighted by Gasteiger charge is 2.31. The zero-order valence-corrected chi connectivity index (χ0v) is 12.7. The number of rotatable bonds is 3. The highest BCUT2D eigenvalue weighted by atomic mass is 32.2. The Morgan fingerprint density at radius 2 is 2.14 bits per heavy atom. The smallest absolute Gasteiger partial charge is 0.243 e. The second-order valence-corrected chi connectivity index (χ2v) is 7.23. The van der Waals surface area contributed by atoms with E-state index >= 15 is 0 Å². The number of benzene rings is 1. The number of aromatic nitrogens is 2. The van der Waals surface area contributed by atoms with E-state index in [0.29, 0.717) is 13.1 Å². The summed E-state index contributed by atoms with van der Waals surface area (Å²) < 4.78 is 40.0. The molecular formula is C15H16FN3O2S. The van der Waals surface area contributed by atoms with Crippen molar-refractivity contribution in [2.75, 3.05) is 13.1 Å². The van der Waals surface area contributed by atoms with Crippen LogP contribution < -0.4 is 0 Å². The Labute approximate surface area is 128 Å². The van der Waals surface area contributed by atoms with E-state index in [1.807, 2.05) is 0 Å². The zero-order chi connectivity index (χ0) is 15.6. The molecule has 0 aliphatic carbocycles. The quantitative estimate of drug-likeness (QED) is 0.869. The second kappa shape index (κ2) is 6.10. The Morgan fingerprint density at radius 1 is 1.27 bits per heavy atom. The van der Waals surface area contributed by atoms with Crippen LogP contribution in [0.3, 0.4) is 0 Å². The van der Waals surface area contributed by atoms with Gasteiger partial charge in [0.15, 0.2) is 0 Å². The molecule has 1 aliphatic rings. The highest BCUT2D eigenvalue weighted by Crippen LogP contribution is 2.29. The van der Waals surface area contributed by atoms with Gasteiger partial charge in [-0.25, -0.2) is 12.8 Å². The topological polar surface area (TPSA) is 63.2 Å². The summed E-state index contributed by atoms with van der Waals surface area (Å²) >= 11 is 0. The fourth-order valence-corrected chi connectivity index (χ4v) is 4.26.